The monoisotopic (exact) mass is 353 g/mol. The number of rotatable bonds is 8. The zero-order valence-corrected chi connectivity index (χ0v) is 15.5. The number of aryl methyl sites for hydroxylation is 2. The molecule has 3 aromatic rings. The largest absolute Gasteiger partial charge is 0.356 e. The summed E-state index contributed by atoms with van der Waals surface area (Å²) < 4.78 is 4.36. The molecule has 1 aromatic carbocycles. The van der Waals surface area contributed by atoms with Crippen LogP contribution < -0.4 is 10.6 Å². The summed E-state index contributed by atoms with van der Waals surface area (Å²) in [6, 6.07) is 10.6. The van der Waals surface area contributed by atoms with Crippen molar-refractivity contribution >= 4 is 16.9 Å². The van der Waals surface area contributed by atoms with Gasteiger partial charge in [-0.1, -0.05) is 25.1 Å². The number of nitrogens with one attached hydrogen (secondary N) is 2. The fraction of sp³-hybridized carbons (Fsp3) is 0.421. The van der Waals surface area contributed by atoms with Gasteiger partial charge in [0.15, 0.2) is 5.96 Å². The van der Waals surface area contributed by atoms with E-state index in [2.05, 4.69) is 78.4 Å². The topological polar surface area (TPSA) is 72.1 Å². The summed E-state index contributed by atoms with van der Waals surface area (Å²) in [4.78, 5) is 4.28. The average Bonchev–Trinajstić information content (AvgIpc) is 3.30. The molecule has 2 heterocycles. The summed E-state index contributed by atoms with van der Waals surface area (Å²) in [7, 11) is 1.80. The summed E-state index contributed by atoms with van der Waals surface area (Å²) in [6.45, 7) is 5.55. The lowest BCUT2D eigenvalue weighted by Gasteiger charge is -2.13. The van der Waals surface area contributed by atoms with E-state index in [1.807, 2.05) is 0 Å². The van der Waals surface area contributed by atoms with E-state index in [0.29, 0.717) is 0 Å². The highest BCUT2D eigenvalue weighted by atomic mass is 15.3. The van der Waals surface area contributed by atoms with Gasteiger partial charge in [0, 0.05) is 51.4 Å². The van der Waals surface area contributed by atoms with E-state index in [0.717, 1.165) is 50.8 Å². The summed E-state index contributed by atoms with van der Waals surface area (Å²) in [6.07, 6.45) is 5.85. The van der Waals surface area contributed by atoms with Gasteiger partial charge in [-0.3, -0.25) is 4.99 Å². The van der Waals surface area contributed by atoms with E-state index in [1.54, 1.807) is 13.4 Å². The van der Waals surface area contributed by atoms with Crippen LogP contribution in [0.15, 0.2) is 47.8 Å². The molecule has 0 saturated carbocycles. The van der Waals surface area contributed by atoms with E-state index < -0.39 is 0 Å². The Balaban J connectivity index is 1.39. The molecule has 0 bridgehead atoms. The van der Waals surface area contributed by atoms with Crippen LogP contribution in [-0.2, 0) is 19.5 Å². The van der Waals surface area contributed by atoms with Gasteiger partial charge in [-0.05, 0) is 23.9 Å². The third kappa shape index (κ3) is 4.41. The molecule has 0 fully saturated rings. The highest BCUT2D eigenvalue weighted by Gasteiger charge is 2.03. The van der Waals surface area contributed by atoms with Crippen molar-refractivity contribution in [2.75, 3.05) is 20.1 Å². The zero-order valence-electron chi connectivity index (χ0n) is 15.5. The van der Waals surface area contributed by atoms with E-state index in [-0.39, 0.29) is 0 Å². The van der Waals surface area contributed by atoms with E-state index >= 15 is 0 Å². The molecule has 0 radical (unpaired) electrons. The molecule has 2 aromatic heterocycles. The van der Waals surface area contributed by atoms with Gasteiger partial charge >= 0.3 is 0 Å². The third-order valence-electron chi connectivity index (χ3n) is 4.43. The molecule has 26 heavy (non-hydrogen) atoms. The maximum Gasteiger partial charge on any atom is 0.191 e. The van der Waals surface area contributed by atoms with E-state index in [4.69, 9.17) is 0 Å². The summed E-state index contributed by atoms with van der Waals surface area (Å²) in [5.74, 6) is 1.84. The molecular formula is C19H27N7. The third-order valence-corrected chi connectivity index (χ3v) is 4.43. The predicted molar refractivity (Wildman–Crippen MR) is 105 cm³/mol. The van der Waals surface area contributed by atoms with Crippen LogP contribution in [0.2, 0.25) is 0 Å². The first-order valence-corrected chi connectivity index (χ1v) is 9.17. The van der Waals surface area contributed by atoms with Gasteiger partial charge in [0.25, 0.3) is 0 Å². The molecule has 0 aliphatic heterocycles. The van der Waals surface area contributed by atoms with Gasteiger partial charge in [0.2, 0.25) is 0 Å². The van der Waals surface area contributed by atoms with Gasteiger partial charge in [-0.15, -0.1) is 10.2 Å². The molecular weight excluding hydrogens is 326 g/mol. The number of aromatic nitrogens is 4. The molecule has 0 amide bonds. The number of guanidine groups is 1. The van der Waals surface area contributed by atoms with Crippen LogP contribution >= 0.6 is 0 Å². The molecule has 0 aliphatic rings. The minimum Gasteiger partial charge on any atom is -0.356 e. The first-order chi connectivity index (χ1) is 12.8. The first-order valence-electron chi connectivity index (χ1n) is 9.17. The van der Waals surface area contributed by atoms with Gasteiger partial charge in [-0.2, -0.15) is 0 Å². The van der Waals surface area contributed by atoms with Crippen LogP contribution in [-0.4, -0.2) is 45.4 Å². The lowest BCUT2D eigenvalue weighted by molar-refractivity contribution is 0.618. The average molecular weight is 353 g/mol. The standard InChI is InChI=1S/C19H27N7/c1-3-18-24-23-15-26(18)14-11-22-19(20-2)21-10-6-12-25-13-9-16-7-4-5-8-17(16)25/h4-5,7-9,13,15H,3,6,10-12,14H2,1-2H3,(H2,20,21,22). The number of para-hydroxylation sites is 1. The Morgan fingerprint density at radius 2 is 1.92 bits per heavy atom. The van der Waals surface area contributed by atoms with Crippen molar-refractivity contribution in [3.8, 4) is 0 Å². The molecule has 0 spiro atoms. The number of hydrogen-bond acceptors (Lipinski definition) is 3. The zero-order chi connectivity index (χ0) is 18.2. The molecule has 0 atom stereocenters. The SMILES string of the molecule is CCc1nncn1CCNC(=NC)NCCCn1ccc2ccccc21. The maximum atomic E-state index is 4.28. The van der Waals surface area contributed by atoms with Gasteiger partial charge < -0.3 is 19.8 Å². The smallest absolute Gasteiger partial charge is 0.191 e. The minimum absolute atomic E-state index is 0.785. The molecule has 0 saturated heterocycles. The van der Waals surface area contributed by atoms with Gasteiger partial charge in [-0.25, -0.2) is 0 Å². The molecule has 7 heteroatoms. The van der Waals surface area contributed by atoms with Gasteiger partial charge in [0.05, 0.1) is 0 Å². The Morgan fingerprint density at radius 1 is 1.08 bits per heavy atom. The second kappa shape index (κ2) is 9.03. The lowest BCUT2D eigenvalue weighted by atomic mass is 10.2. The summed E-state index contributed by atoms with van der Waals surface area (Å²) in [5.41, 5.74) is 1.29. The van der Waals surface area contributed by atoms with Crippen molar-refractivity contribution in [3.63, 3.8) is 0 Å². The quantitative estimate of drug-likeness (QED) is 0.369. The molecule has 2 N–H and O–H groups in total. The van der Waals surface area contributed by atoms with Crippen LogP contribution in [0.25, 0.3) is 10.9 Å². The van der Waals surface area contributed by atoms with Crippen LogP contribution in [0.3, 0.4) is 0 Å². The fourth-order valence-corrected chi connectivity index (χ4v) is 3.05. The number of benzene rings is 1. The van der Waals surface area contributed by atoms with Crippen molar-refractivity contribution < 1.29 is 0 Å². The Hall–Kier alpha value is -2.83. The lowest BCUT2D eigenvalue weighted by Crippen LogP contribution is -2.39. The number of hydrogen-bond donors (Lipinski definition) is 2. The van der Waals surface area contributed by atoms with Crippen molar-refractivity contribution in [1.29, 1.82) is 0 Å². The Bertz CT molecular complexity index is 846. The number of aliphatic imine (C=N–C) groups is 1. The minimum atomic E-state index is 0.785. The normalized spacial score (nSPS) is 11.8. The molecule has 3 rings (SSSR count). The highest BCUT2D eigenvalue weighted by Crippen LogP contribution is 2.15. The number of fused-ring (bicyclic) bond motifs is 1. The fourth-order valence-electron chi connectivity index (χ4n) is 3.05. The summed E-state index contributed by atoms with van der Waals surface area (Å²) in [5, 5.41) is 16.1. The van der Waals surface area contributed by atoms with Gasteiger partial charge in [0.1, 0.15) is 12.2 Å². The Labute approximate surface area is 154 Å². The Kier molecular flexibility index (Phi) is 6.24. The van der Waals surface area contributed by atoms with E-state index in [1.165, 1.54) is 10.9 Å². The van der Waals surface area contributed by atoms with Crippen molar-refractivity contribution in [1.82, 2.24) is 30.0 Å². The Morgan fingerprint density at radius 3 is 2.77 bits per heavy atom. The summed E-state index contributed by atoms with van der Waals surface area (Å²) >= 11 is 0. The second-order valence-electron chi connectivity index (χ2n) is 6.14. The van der Waals surface area contributed by atoms with Crippen LogP contribution in [0, 0.1) is 0 Å². The maximum absolute atomic E-state index is 4.28. The van der Waals surface area contributed by atoms with Crippen molar-refractivity contribution in [2.24, 2.45) is 4.99 Å². The van der Waals surface area contributed by atoms with Crippen molar-refractivity contribution in [2.45, 2.75) is 32.9 Å². The van der Waals surface area contributed by atoms with Crippen LogP contribution in [0.1, 0.15) is 19.2 Å². The molecule has 0 unspecified atom stereocenters. The van der Waals surface area contributed by atoms with Crippen LogP contribution in [0.5, 0.6) is 0 Å². The van der Waals surface area contributed by atoms with E-state index in [9.17, 15) is 0 Å². The second-order valence-corrected chi connectivity index (χ2v) is 6.14. The molecule has 7 nitrogen and oxygen atoms in total. The first kappa shape index (κ1) is 18.0. The number of nitrogens with zero attached hydrogens (tertiary/aromatic N) is 5. The predicted octanol–water partition coefficient (Wildman–Crippen LogP) is 2.05. The van der Waals surface area contributed by atoms with Crippen LogP contribution in [0.4, 0.5) is 0 Å². The van der Waals surface area contributed by atoms with Crippen molar-refractivity contribution in [3.05, 3.63) is 48.7 Å². The molecule has 0 aliphatic carbocycles. The molecule has 138 valence electrons. The highest BCUT2D eigenvalue weighted by molar-refractivity contribution is 5.80.